The molecule has 2 N–H and O–H groups in total. The summed E-state index contributed by atoms with van der Waals surface area (Å²) in [5.74, 6) is -0.240. The minimum absolute atomic E-state index is 0.0469. The molecule has 0 saturated carbocycles. The molecular formula is C14H20N4O3. The van der Waals surface area contributed by atoms with Gasteiger partial charge in [0, 0.05) is 37.8 Å². The maximum absolute atomic E-state index is 11.8. The van der Waals surface area contributed by atoms with E-state index in [4.69, 9.17) is 0 Å². The molecule has 0 bridgehead atoms. The summed E-state index contributed by atoms with van der Waals surface area (Å²) in [4.78, 5) is 24.7. The fourth-order valence-corrected chi connectivity index (χ4v) is 2.79. The molecule has 1 aromatic rings. The Hall–Kier alpha value is -2.15. The summed E-state index contributed by atoms with van der Waals surface area (Å²) in [6.07, 6.45) is 1.98. The van der Waals surface area contributed by atoms with E-state index in [-0.39, 0.29) is 17.6 Å². The van der Waals surface area contributed by atoms with Gasteiger partial charge in [-0.05, 0) is 32.0 Å². The normalized spacial score (nSPS) is 17.8. The van der Waals surface area contributed by atoms with Crippen molar-refractivity contribution in [3.05, 3.63) is 33.9 Å². The van der Waals surface area contributed by atoms with E-state index >= 15 is 0 Å². The zero-order chi connectivity index (χ0) is 15.4. The third-order valence-corrected chi connectivity index (χ3v) is 3.79. The van der Waals surface area contributed by atoms with Crippen molar-refractivity contribution in [2.45, 2.75) is 18.9 Å². The smallest absolute Gasteiger partial charge is 0.292 e. The molecule has 1 aromatic carbocycles. The van der Waals surface area contributed by atoms with Crippen LogP contribution in [0.15, 0.2) is 18.2 Å². The number of rotatable bonds is 5. The predicted molar refractivity (Wildman–Crippen MR) is 80.8 cm³/mol. The van der Waals surface area contributed by atoms with Crippen molar-refractivity contribution in [2.24, 2.45) is 0 Å². The second-order valence-electron chi connectivity index (χ2n) is 5.09. The van der Waals surface area contributed by atoms with E-state index in [2.05, 4.69) is 10.6 Å². The van der Waals surface area contributed by atoms with Crippen LogP contribution < -0.4 is 15.5 Å². The lowest BCUT2D eigenvalue weighted by atomic mass is 10.1. The van der Waals surface area contributed by atoms with Crippen LogP contribution in [-0.2, 0) is 0 Å². The molecule has 1 unspecified atom stereocenters. The van der Waals surface area contributed by atoms with Crippen LogP contribution in [0.5, 0.6) is 0 Å². The van der Waals surface area contributed by atoms with Gasteiger partial charge < -0.3 is 15.5 Å². The molecule has 0 aliphatic carbocycles. The minimum atomic E-state index is -0.391. The van der Waals surface area contributed by atoms with Gasteiger partial charge in [-0.25, -0.2) is 0 Å². The van der Waals surface area contributed by atoms with Gasteiger partial charge in [-0.15, -0.1) is 0 Å². The second-order valence-corrected chi connectivity index (χ2v) is 5.09. The first-order valence-corrected chi connectivity index (χ1v) is 7.00. The number of nitro benzene ring substituents is 1. The molecule has 1 amide bonds. The summed E-state index contributed by atoms with van der Waals surface area (Å²) < 4.78 is 0. The lowest BCUT2D eigenvalue weighted by Gasteiger charge is -2.26. The van der Waals surface area contributed by atoms with Gasteiger partial charge in [0.1, 0.15) is 5.69 Å². The predicted octanol–water partition coefficient (Wildman–Crippen LogP) is 1.14. The van der Waals surface area contributed by atoms with Crippen molar-refractivity contribution in [1.29, 1.82) is 0 Å². The Morgan fingerprint density at radius 1 is 1.48 bits per heavy atom. The van der Waals surface area contributed by atoms with Crippen LogP contribution in [0.4, 0.5) is 11.4 Å². The molecule has 1 heterocycles. The molecule has 0 aromatic heterocycles. The quantitative estimate of drug-likeness (QED) is 0.628. The van der Waals surface area contributed by atoms with E-state index in [1.807, 2.05) is 11.9 Å². The van der Waals surface area contributed by atoms with Gasteiger partial charge in [0.25, 0.3) is 11.6 Å². The summed E-state index contributed by atoms with van der Waals surface area (Å²) in [5.41, 5.74) is 1.01. The molecule has 1 saturated heterocycles. The average Bonchev–Trinajstić information content (AvgIpc) is 2.94. The Labute approximate surface area is 123 Å². The third kappa shape index (κ3) is 3.13. The van der Waals surface area contributed by atoms with E-state index < -0.39 is 4.92 Å². The highest BCUT2D eigenvalue weighted by atomic mass is 16.6. The van der Waals surface area contributed by atoms with Crippen LogP contribution >= 0.6 is 0 Å². The zero-order valence-corrected chi connectivity index (χ0v) is 12.3. The fraction of sp³-hybridized carbons (Fsp3) is 0.500. The number of benzene rings is 1. The number of carbonyl (C=O) groups excluding carboxylic acids is 1. The summed E-state index contributed by atoms with van der Waals surface area (Å²) in [6, 6.07) is 4.73. The van der Waals surface area contributed by atoms with Crippen LogP contribution in [0.3, 0.4) is 0 Å². The van der Waals surface area contributed by atoms with Gasteiger partial charge in [-0.2, -0.15) is 0 Å². The average molecular weight is 292 g/mol. The first kappa shape index (κ1) is 15.2. The Kier molecular flexibility index (Phi) is 4.74. The van der Waals surface area contributed by atoms with Gasteiger partial charge >= 0.3 is 0 Å². The standard InChI is InChI=1S/C14H20N4O3/c1-15-9-11-4-3-7-17(11)13-8-10(14(19)16-2)5-6-12(13)18(20)21/h5-6,8,11,15H,3-4,7,9H2,1-2H3,(H,16,19). The van der Waals surface area contributed by atoms with Crippen LogP contribution in [0.2, 0.25) is 0 Å². The van der Waals surface area contributed by atoms with Crippen molar-refractivity contribution in [3.63, 3.8) is 0 Å². The van der Waals surface area contributed by atoms with Gasteiger partial charge in [0.2, 0.25) is 0 Å². The van der Waals surface area contributed by atoms with Gasteiger partial charge in [0.15, 0.2) is 0 Å². The highest BCUT2D eigenvalue weighted by Crippen LogP contribution is 2.34. The number of carbonyl (C=O) groups is 1. The topological polar surface area (TPSA) is 87.5 Å². The molecule has 1 aliphatic rings. The molecule has 1 atom stereocenters. The van der Waals surface area contributed by atoms with Crippen molar-refractivity contribution < 1.29 is 9.72 Å². The van der Waals surface area contributed by atoms with Crippen LogP contribution in [0, 0.1) is 10.1 Å². The molecule has 114 valence electrons. The first-order valence-electron chi connectivity index (χ1n) is 7.00. The Balaban J connectivity index is 2.43. The fourth-order valence-electron chi connectivity index (χ4n) is 2.79. The number of nitrogens with one attached hydrogen (secondary N) is 2. The van der Waals surface area contributed by atoms with Crippen molar-refractivity contribution in [1.82, 2.24) is 10.6 Å². The summed E-state index contributed by atoms with van der Waals surface area (Å²) in [5, 5.41) is 16.9. The van der Waals surface area contributed by atoms with Crippen molar-refractivity contribution in [3.8, 4) is 0 Å². The number of likely N-dealkylation sites (N-methyl/N-ethyl adjacent to an activating group) is 1. The Morgan fingerprint density at radius 3 is 2.86 bits per heavy atom. The number of amides is 1. The van der Waals surface area contributed by atoms with Crippen molar-refractivity contribution in [2.75, 3.05) is 32.1 Å². The number of hydrogen-bond donors (Lipinski definition) is 2. The summed E-state index contributed by atoms with van der Waals surface area (Å²) in [7, 11) is 3.41. The zero-order valence-electron chi connectivity index (χ0n) is 12.3. The lowest BCUT2D eigenvalue weighted by Crippen LogP contribution is -2.37. The SMILES string of the molecule is CNCC1CCCN1c1cc(C(=O)NC)ccc1[N+](=O)[O-]. The molecule has 0 radical (unpaired) electrons. The van der Waals surface area contributed by atoms with E-state index in [0.717, 1.165) is 25.9 Å². The van der Waals surface area contributed by atoms with Gasteiger partial charge in [-0.1, -0.05) is 0 Å². The Bertz CT molecular complexity index is 547. The molecule has 0 spiro atoms. The number of hydrogen-bond acceptors (Lipinski definition) is 5. The van der Waals surface area contributed by atoms with Gasteiger partial charge in [-0.3, -0.25) is 14.9 Å². The van der Waals surface area contributed by atoms with E-state index in [9.17, 15) is 14.9 Å². The van der Waals surface area contributed by atoms with Gasteiger partial charge in [0.05, 0.1) is 4.92 Å². The molecule has 7 nitrogen and oxygen atoms in total. The van der Waals surface area contributed by atoms with Crippen LogP contribution in [0.25, 0.3) is 0 Å². The molecule has 1 aliphatic heterocycles. The first-order chi connectivity index (χ1) is 10.1. The van der Waals surface area contributed by atoms with E-state index in [1.165, 1.54) is 12.1 Å². The maximum Gasteiger partial charge on any atom is 0.292 e. The van der Waals surface area contributed by atoms with Crippen LogP contribution in [0.1, 0.15) is 23.2 Å². The largest absolute Gasteiger partial charge is 0.362 e. The Morgan fingerprint density at radius 2 is 2.24 bits per heavy atom. The minimum Gasteiger partial charge on any atom is -0.362 e. The summed E-state index contributed by atoms with van der Waals surface area (Å²) in [6.45, 7) is 1.53. The van der Waals surface area contributed by atoms with E-state index in [1.54, 1.807) is 13.1 Å². The van der Waals surface area contributed by atoms with E-state index in [0.29, 0.717) is 11.3 Å². The van der Waals surface area contributed by atoms with Crippen LogP contribution in [-0.4, -0.2) is 44.1 Å². The maximum atomic E-state index is 11.8. The molecule has 7 heteroatoms. The third-order valence-electron chi connectivity index (χ3n) is 3.79. The number of anilines is 1. The van der Waals surface area contributed by atoms with Crippen molar-refractivity contribution >= 4 is 17.3 Å². The molecule has 1 fully saturated rings. The summed E-state index contributed by atoms with van der Waals surface area (Å²) >= 11 is 0. The second kappa shape index (κ2) is 6.53. The number of nitrogens with zero attached hydrogens (tertiary/aromatic N) is 2. The molecular weight excluding hydrogens is 272 g/mol. The monoisotopic (exact) mass is 292 g/mol. The molecule has 2 rings (SSSR count). The molecule has 21 heavy (non-hydrogen) atoms. The number of nitro groups is 1. The highest BCUT2D eigenvalue weighted by Gasteiger charge is 2.30. The highest BCUT2D eigenvalue weighted by molar-refractivity contribution is 5.95. The lowest BCUT2D eigenvalue weighted by molar-refractivity contribution is -0.384.